The Labute approximate surface area is 103 Å². The average Bonchev–Trinajstić information content (AvgIpc) is 2.12. The highest BCUT2D eigenvalue weighted by molar-refractivity contribution is 8.00. The Kier molecular flexibility index (Phi) is 6.41. The maximum Gasteiger partial charge on any atom is 0.323 e. The van der Waals surface area contributed by atoms with Gasteiger partial charge in [0.2, 0.25) is 0 Å². The molecule has 96 valence electrons. The topological polar surface area (TPSA) is 49.3 Å². The Balaban J connectivity index is 4.18. The van der Waals surface area contributed by atoms with Gasteiger partial charge in [0.25, 0.3) is 0 Å². The fraction of sp³-hybridized carbons (Fsp3) is 0.917. The lowest BCUT2D eigenvalue weighted by Crippen LogP contribution is -2.50. The minimum atomic E-state index is -0.783. The number of carboxylic acids is 1. The van der Waals surface area contributed by atoms with E-state index in [1.807, 2.05) is 18.7 Å². The highest BCUT2D eigenvalue weighted by Crippen LogP contribution is 2.26. The molecule has 0 aromatic carbocycles. The van der Waals surface area contributed by atoms with Gasteiger partial charge in [0.05, 0.1) is 0 Å². The Morgan fingerprint density at radius 2 is 1.88 bits per heavy atom. The van der Waals surface area contributed by atoms with E-state index in [4.69, 9.17) is 0 Å². The molecule has 2 N–H and O–H groups in total. The molecule has 4 heteroatoms. The van der Waals surface area contributed by atoms with E-state index in [1.54, 1.807) is 6.92 Å². The summed E-state index contributed by atoms with van der Waals surface area (Å²) in [5.41, 5.74) is -0.783. The van der Waals surface area contributed by atoms with Gasteiger partial charge in [0.15, 0.2) is 0 Å². The lowest BCUT2D eigenvalue weighted by atomic mass is 9.99. The van der Waals surface area contributed by atoms with Crippen molar-refractivity contribution in [2.24, 2.45) is 0 Å². The van der Waals surface area contributed by atoms with E-state index >= 15 is 0 Å². The lowest BCUT2D eigenvalue weighted by Gasteiger charge is -2.27. The zero-order valence-electron chi connectivity index (χ0n) is 11.1. The van der Waals surface area contributed by atoms with Crippen LogP contribution in [-0.4, -0.2) is 33.7 Å². The van der Waals surface area contributed by atoms with E-state index in [0.717, 1.165) is 18.7 Å². The molecule has 1 unspecified atom stereocenters. The van der Waals surface area contributed by atoms with Crippen LogP contribution in [0.5, 0.6) is 0 Å². The summed E-state index contributed by atoms with van der Waals surface area (Å²) in [7, 11) is 0. The highest BCUT2D eigenvalue weighted by Gasteiger charge is 2.32. The summed E-state index contributed by atoms with van der Waals surface area (Å²) in [5, 5.41) is 12.3. The molecule has 0 saturated carbocycles. The molecule has 0 heterocycles. The van der Waals surface area contributed by atoms with Crippen LogP contribution in [0.4, 0.5) is 0 Å². The maximum atomic E-state index is 11.2. The van der Waals surface area contributed by atoms with Crippen LogP contribution in [0.25, 0.3) is 0 Å². The summed E-state index contributed by atoms with van der Waals surface area (Å²) < 4.78 is 0.199. The first-order valence-corrected chi connectivity index (χ1v) is 6.82. The van der Waals surface area contributed by atoms with E-state index < -0.39 is 11.5 Å². The predicted molar refractivity (Wildman–Crippen MR) is 71.2 cm³/mol. The molecule has 0 rings (SSSR count). The van der Waals surface area contributed by atoms with Crippen LogP contribution in [-0.2, 0) is 4.79 Å². The van der Waals surface area contributed by atoms with E-state index in [1.165, 1.54) is 0 Å². The van der Waals surface area contributed by atoms with Gasteiger partial charge in [0.1, 0.15) is 5.54 Å². The zero-order valence-corrected chi connectivity index (χ0v) is 11.9. The third-order valence-electron chi connectivity index (χ3n) is 2.37. The molecular weight excluding hydrogens is 222 g/mol. The van der Waals surface area contributed by atoms with Gasteiger partial charge in [-0.3, -0.25) is 4.79 Å². The average molecular weight is 247 g/mol. The summed E-state index contributed by atoms with van der Waals surface area (Å²) in [6.45, 7) is 11.0. The van der Waals surface area contributed by atoms with E-state index in [2.05, 4.69) is 26.1 Å². The van der Waals surface area contributed by atoms with Crippen molar-refractivity contribution >= 4 is 17.7 Å². The smallest absolute Gasteiger partial charge is 0.323 e. The van der Waals surface area contributed by atoms with Crippen molar-refractivity contribution < 1.29 is 9.90 Å². The summed E-state index contributed by atoms with van der Waals surface area (Å²) in [4.78, 5) is 11.2. The highest BCUT2D eigenvalue weighted by atomic mass is 32.2. The molecule has 0 aliphatic rings. The SMILES string of the molecule is CCCNC(C)(CCSC(C)(C)C)C(=O)O. The largest absolute Gasteiger partial charge is 0.480 e. The molecule has 0 radical (unpaired) electrons. The molecule has 0 aromatic rings. The summed E-state index contributed by atoms with van der Waals surface area (Å²) in [6.07, 6.45) is 1.61. The van der Waals surface area contributed by atoms with Crippen LogP contribution in [0.1, 0.15) is 47.5 Å². The number of aliphatic carboxylic acids is 1. The van der Waals surface area contributed by atoms with Crippen molar-refractivity contribution in [2.45, 2.75) is 57.7 Å². The number of rotatable bonds is 7. The molecular formula is C12H25NO2S. The van der Waals surface area contributed by atoms with Gasteiger partial charge in [-0.2, -0.15) is 11.8 Å². The summed E-state index contributed by atoms with van der Waals surface area (Å²) in [5.74, 6) is 0.110. The van der Waals surface area contributed by atoms with E-state index in [-0.39, 0.29) is 4.75 Å². The molecule has 0 aromatic heterocycles. The predicted octanol–water partition coefficient (Wildman–Crippen LogP) is 2.75. The normalized spacial score (nSPS) is 15.8. The Morgan fingerprint density at radius 3 is 2.25 bits per heavy atom. The molecule has 3 nitrogen and oxygen atoms in total. The first-order valence-electron chi connectivity index (χ1n) is 5.83. The maximum absolute atomic E-state index is 11.2. The lowest BCUT2D eigenvalue weighted by molar-refractivity contribution is -0.144. The van der Waals surface area contributed by atoms with E-state index in [9.17, 15) is 9.90 Å². The molecule has 0 aliphatic heterocycles. The Morgan fingerprint density at radius 1 is 1.31 bits per heavy atom. The first-order chi connectivity index (χ1) is 7.21. The minimum absolute atomic E-state index is 0.199. The van der Waals surface area contributed by atoms with Crippen LogP contribution in [0.2, 0.25) is 0 Å². The monoisotopic (exact) mass is 247 g/mol. The van der Waals surface area contributed by atoms with Crippen LogP contribution in [0.3, 0.4) is 0 Å². The third kappa shape index (κ3) is 6.38. The van der Waals surface area contributed by atoms with Crippen LogP contribution in [0.15, 0.2) is 0 Å². The number of hydrogen-bond donors (Lipinski definition) is 2. The van der Waals surface area contributed by atoms with E-state index in [0.29, 0.717) is 6.42 Å². The van der Waals surface area contributed by atoms with Gasteiger partial charge in [0, 0.05) is 4.75 Å². The third-order valence-corrected chi connectivity index (χ3v) is 3.65. The molecule has 1 atom stereocenters. The molecule has 0 bridgehead atoms. The second kappa shape index (κ2) is 6.50. The van der Waals surface area contributed by atoms with Crippen LogP contribution in [0, 0.1) is 0 Å². The van der Waals surface area contributed by atoms with Gasteiger partial charge in [-0.15, -0.1) is 0 Å². The van der Waals surface area contributed by atoms with Crippen molar-refractivity contribution in [1.82, 2.24) is 5.32 Å². The van der Waals surface area contributed by atoms with Crippen molar-refractivity contribution in [3.05, 3.63) is 0 Å². The molecule has 0 aliphatic carbocycles. The number of hydrogen-bond acceptors (Lipinski definition) is 3. The zero-order chi connectivity index (χ0) is 12.8. The fourth-order valence-corrected chi connectivity index (χ4v) is 2.36. The van der Waals surface area contributed by atoms with Crippen LogP contribution >= 0.6 is 11.8 Å². The van der Waals surface area contributed by atoms with Gasteiger partial charge in [-0.1, -0.05) is 27.7 Å². The number of thioether (sulfide) groups is 1. The van der Waals surface area contributed by atoms with Gasteiger partial charge in [-0.25, -0.2) is 0 Å². The summed E-state index contributed by atoms with van der Waals surface area (Å²) in [6, 6.07) is 0. The van der Waals surface area contributed by atoms with Crippen LogP contribution < -0.4 is 5.32 Å². The molecule has 16 heavy (non-hydrogen) atoms. The second-order valence-corrected chi connectivity index (χ2v) is 7.20. The van der Waals surface area contributed by atoms with Crippen molar-refractivity contribution in [3.8, 4) is 0 Å². The van der Waals surface area contributed by atoms with Crippen molar-refractivity contribution in [1.29, 1.82) is 0 Å². The van der Waals surface area contributed by atoms with Gasteiger partial charge < -0.3 is 10.4 Å². The Bertz CT molecular complexity index is 226. The fourth-order valence-electron chi connectivity index (χ4n) is 1.23. The number of carbonyl (C=O) groups is 1. The minimum Gasteiger partial charge on any atom is -0.480 e. The summed E-state index contributed by atoms with van der Waals surface area (Å²) >= 11 is 1.81. The molecule has 0 fully saturated rings. The second-order valence-electron chi connectivity index (χ2n) is 5.27. The van der Waals surface area contributed by atoms with Gasteiger partial charge >= 0.3 is 5.97 Å². The van der Waals surface area contributed by atoms with Crippen molar-refractivity contribution in [2.75, 3.05) is 12.3 Å². The standard InChI is InChI=1S/C12H25NO2S/c1-6-8-13-12(5,10(14)15)7-9-16-11(2,3)4/h13H,6-9H2,1-5H3,(H,14,15). The van der Waals surface area contributed by atoms with Gasteiger partial charge in [-0.05, 0) is 32.1 Å². The molecule has 0 amide bonds. The quantitative estimate of drug-likeness (QED) is 0.726. The van der Waals surface area contributed by atoms with Crippen molar-refractivity contribution in [3.63, 3.8) is 0 Å². The molecule has 0 spiro atoms. The number of carboxylic acid groups (broad SMARTS) is 1. The number of nitrogens with one attached hydrogen (secondary N) is 1. The Hall–Kier alpha value is -0.220. The molecule has 0 saturated heterocycles. The first kappa shape index (κ1) is 15.8.